The lowest BCUT2D eigenvalue weighted by molar-refractivity contribution is -0.118. The summed E-state index contributed by atoms with van der Waals surface area (Å²) in [6.45, 7) is 0.784. The van der Waals surface area contributed by atoms with Crippen molar-refractivity contribution in [3.05, 3.63) is 29.8 Å². The number of carbonyl (C=O) groups excluding carboxylic acids is 1. The highest BCUT2D eigenvalue weighted by Crippen LogP contribution is 2.17. The van der Waals surface area contributed by atoms with E-state index < -0.39 is 0 Å². The Bertz CT molecular complexity index is 416. The van der Waals surface area contributed by atoms with Crippen molar-refractivity contribution in [2.75, 3.05) is 17.8 Å². The van der Waals surface area contributed by atoms with Crippen LogP contribution in [0.1, 0.15) is 31.2 Å². The lowest BCUT2D eigenvalue weighted by Crippen LogP contribution is -2.19. The van der Waals surface area contributed by atoms with Gasteiger partial charge in [-0.05, 0) is 43.4 Å². The van der Waals surface area contributed by atoms with Gasteiger partial charge in [-0.2, -0.15) is 0 Å². The molecule has 1 amide bonds. The first kappa shape index (κ1) is 14.4. The lowest BCUT2D eigenvalue weighted by Gasteiger charge is -2.10. The molecule has 2 rings (SSSR count). The highest BCUT2D eigenvalue weighted by Gasteiger charge is 2.18. The minimum absolute atomic E-state index is 0.0291. The van der Waals surface area contributed by atoms with E-state index in [0.29, 0.717) is 12.3 Å². The van der Waals surface area contributed by atoms with E-state index in [1.165, 1.54) is 5.56 Å². The third-order valence-corrected chi connectivity index (χ3v) is 3.51. The zero-order chi connectivity index (χ0) is 13.5. The van der Waals surface area contributed by atoms with Gasteiger partial charge in [-0.15, -0.1) is 11.6 Å². The molecule has 0 saturated carbocycles. The quantitative estimate of drug-likeness (QED) is 0.812. The van der Waals surface area contributed by atoms with Crippen LogP contribution in [0.15, 0.2) is 24.3 Å². The second-order valence-corrected chi connectivity index (χ2v) is 5.26. The number of ether oxygens (including phenoxy) is 1. The molecule has 3 nitrogen and oxygen atoms in total. The van der Waals surface area contributed by atoms with Crippen molar-refractivity contribution in [1.29, 1.82) is 0 Å². The van der Waals surface area contributed by atoms with Crippen LogP contribution in [-0.4, -0.2) is 24.5 Å². The number of nitrogens with one attached hydrogen (secondary N) is 1. The van der Waals surface area contributed by atoms with Gasteiger partial charge in [0.15, 0.2) is 0 Å². The first-order chi connectivity index (χ1) is 9.28. The van der Waals surface area contributed by atoms with Gasteiger partial charge < -0.3 is 10.1 Å². The first-order valence-corrected chi connectivity index (χ1v) is 7.38. The van der Waals surface area contributed by atoms with Crippen LogP contribution >= 0.6 is 11.6 Å². The van der Waals surface area contributed by atoms with E-state index in [-0.39, 0.29) is 12.0 Å². The molecule has 104 valence electrons. The number of anilines is 1. The molecule has 1 saturated heterocycles. The van der Waals surface area contributed by atoms with Gasteiger partial charge in [-0.25, -0.2) is 0 Å². The van der Waals surface area contributed by atoms with Gasteiger partial charge in [0.2, 0.25) is 5.91 Å². The van der Waals surface area contributed by atoms with Crippen LogP contribution in [0.5, 0.6) is 0 Å². The number of halogens is 1. The Hall–Kier alpha value is -1.06. The molecule has 1 N–H and O–H groups in total. The number of hydrogen-bond acceptors (Lipinski definition) is 2. The second kappa shape index (κ2) is 7.51. The Balaban J connectivity index is 1.85. The Kier molecular flexibility index (Phi) is 5.67. The summed E-state index contributed by atoms with van der Waals surface area (Å²) in [5.74, 6) is 0.691. The average Bonchev–Trinajstić information content (AvgIpc) is 2.89. The van der Waals surface area contributed by atoms with E-state index in [1.54, 1.807) is 0 Å². The van der Waals surface area contributed by atoms with Crippen LogP contribution in [0, 0.1) is 0 Å². The highest BCUT2D eigenvalue weighted by atomic mass is 35.5. The summed E-state index contributed by atoms with van der Waals surface area (Å²) in [5, 5.41) is 2.93. The summed E-state index contributed by atoms with van der Waals surface area (Å²) in [6, 6.07) is 7.95. The minimum atomic E-state index is 0.0291. The molecule has 1 heterocycles. The van der Waals surface area contributed by atoms with Crippen molar-refractivity contribution >= 4 is 23.2 Å². The van der Waals surface area contributed by atoms with Crippen LogP contribution in [0.2, 0.25) is 0 Å². The second-order valence-electron chi connectivity index (χ2n) is 4.88. The van der Waals surface area contributed by atoms with E-state index in [1.807, 2.05) is 18.2 Å². The van der Waals surface area contributed by atoms with Gasteiger partial charge in [0.1, 0.15) is 0 Å². The van der Waals surface area contributed by atoms with Crippen LogP contribution in [0.25, 0.3) is 0 Å². The Morgan fingerprint density at radius 2 is 2.37 bits per heavy atom. The number of carbonyl (C=O) groups is 1. The fraction of sp³-hybridized carbons (Fsp3) is 0.533. The maximum atomic E-state index is 11.9. The Labute approximate surface area is 119 Å². The predicted molar refractivity (Wildman–Crippen MR) is 77.7 cm³/mol. The summed E-state index contributed by atoms with van der Waals surface area (Å²) in [7, 11) is 0. The monoisotopic (exact) mass is 281 g/mol. The summed E-state index contributed by atoms with van der Waals surface area (Å²) >= 11 is 5.69. The topological polar surface area (TPSA) is 38.3 Å². The molecule has 0 spiro atoms. The fourth-order valence-corrected chi connectivity index (χ4v) is 2.43. The first-order valence-electron chi connectivity index (χ1n) is 6.84. The van der Waals surface area contributed by atoms with Crippen LogP contribution in [0.4, 0.5) is 5.69 Å². The van der Waals surface area contributed by atoms with Gasteiger partial charge in [0, 0.05) is 18.2 Å². The molecular formula is C15H20ClNO2. The number of benzene rings is 1. The summed E-state index contributed by atoms with van der Waals surface area (Å²) in [4.78, 5) is 11.9. The molecule has 4 heteroatoms. The molecule has 0 aromatic heterocycles. The van der Waals surface area contributed by atoms with Crippen molar-refractivity contribution in [2.45, 2.75) is 38.2 Å². The number of aryl methyl sites for hydroxylation is 1. The van der Waals surface area contributed by atoms with Crippen molar-refractivity contribution in [3.63, 3.8) is 0 Å². The van der Waals surface area contributed by atoms with Crippen molar-refractivity contribution in [1.82, 2.24) is 0 Å². The smallest absolute Gasteiger partial charge is 0.226 e. The number of amides is 1. The molecule has 1 aromatic carbocycles. The third kappa shape index (κ3) is 4.84. The summed E-state index contributed by atoms with van der Waals surface area (Å²) < 4.78 is 5.46. The van der Waals surface area contributed by atoms with Gasteiger partial charge >= 0.3 is 0 Å². The number of alkyl halides is 1. The molecule has 0 bridgehead atoms. The summed E-state index contributed by atoms with van der Waals surface area (Å²) in [6.07, 6.45) is 4.49. The number of hydrogen-bond donors (Lipinski definition) is 1. The minimum Gasteiger partial charge on any atom is -0.378 e. The van der Waals surface area contributed by atoms with Crippen LogP contribution < -0.4 is 5.32 Å². The molecule has 1 aliphatic rings. The Morgan fingerprint density at radius 1 is 1.47 bits per heavy atom. The number of rotatable bonds is 6. The molecule has 1 aromatic rings. The van der Waals surface area contributed by atoms with E-state index in [2.05, 4.69) is 11.4 Å². The SMILES string of the molecule is O=C(CC1CCCO1)Nc1cccc(CCCCl)c1. The van der Waals surface area contributed by atoms with Crippen molar-refractivity contribution in [3.8, 4) is 0 Å². The average molecular weight is 282 g/mol. The maximum Gasteiger partial charge on any atom is 0.226 e. The normalized spacial score (nSPS) is 18.5. The molecule has 1 unspecified atom stereocenters. The van der Waals surface area contributed by atoms with Gasteiger partial charge in [0.05, 0.1) is 12.5 Å². The summed E-state index contributed by atoms with van der Waals surface area (Å²) in [5.41, 5.74) is 2.06. The van der Waals surface area contributed by atoms with Crippen LogP contribution in [0.3, 0.4) is 0 Å². The standard InChI is InChI=1S/C15H20ClNO2/c16-8-2-5-12-4-1-6-13(10-12)17-15(18)11-14-7-3-9-19-14/h1,4,6,10,14H,2-3,5,7-9,11H2,(H,17,18). The Morgan fingerprint density at radius 3 is 3.11 bits per heavy atom. The molecular weight excluding hydrogens is 262 g/mol. The van der Waals surface area contributed by atoms with Crippen molar-refractivity contribution in [2.24, 2.45) is 0 Å². The molecule has 0 aliphatic carbocycles. The predicted octanol–water partition coefficient (Wildman–Crippen LogP) is 3.37. The zero-order valence-electron chi connectivity index (χ0n) is 11.0. The van der Waals surface area contributed by atoms with Crippen LogP contribution in [-0.2, 0) is 16.0 Å². The van der Waals surface area contributed by atoms with Gasteiger partial charge in [-0.3, -0.25) is 4.79 Å². The molecule has 19 heavy (non-hydrogen) atoms. The maximum absolute atomic E-state index is 11.9. The molecule has 1 atom stereocenters. The molecule has 1 aliphatic heterocycles. The van der Waals surface area contributed by atoms with E-state index in [0.717, 1.165) is 38.0 Å². The van der Waals surface area contributed by atoms with Gasteiger partial charge in [0.25, 0.3) is 0 Å². The zero-order valence-corrected chi connectivity index (χ0v) is 11.8. The van der Waals surface area contributed by atoms with E-state index in [4.69, 9.17) is 16.3 Å². The van der Waals surface area contributed by atoms with Crippen molar-refractivity contribution < 1.29 is 9.53 Å². The fourth-order valence-electron chi connectivity index (χ4n) is 2.30. The third-order valence-electron chi connectivity index (χ3n) is 3.25. The van der Waals surface area contributed by atoms with E-state index >= 15 is 0 Å². The van der Waals surface area contributed by atoms with Gasteiger partial charge in [-0.1, -0.05) is 12.1 Å². The highest BCUT2D eigenvalue weighted by molar-refractivity contribution is 6.17. The van der Waals surface area contributed by atoms with E-state index in [9.17, 15) is 4.79 Å². The molecule has 0 radical (unpaired) electrons. The largest absolute Gasteiger partial charge is 0.378 e. The molecule has 1 fully saturated rings. The lowest BCUT2D eigenvalue weighted by atomic mass is 10.1.